The molecule has 0 unspecified atom stereocenters. The van der Waals surface area contributed by atoms with Gasteiger partial charge in [0.15, 0.2) is 0 Å². The lowest BCUT2D eigenvalue weighted by atomic mass is 9.81. The van der Waals surface area contributed by atoms with E-state index in [1.807, 2.05) is 0 Å². The van der Waals surface area contributed by atoms with Crippen molar-refractivity contribution in [1.29, 1.82) is 0 Å². The number of aliphatic hydroxyl groups is 1. The van der Waals surface area contributed by atoms with E-state index in [0.29, 0.717) is 12.8 Å². The van der Waals surface area contributed by atoms with Crippen molar-refractivity contribution >= 4 is 27.3 Å². The molecule has 18 heavy (non-hydrogen) atoms. The summed E-state index contributed by atoms with van der Waals surface area (Å²) in [6, 6.07) is 1.11. The predicted molar refractivity (Wildman–Crippen MR) is 65.3 cm³/mol. The number of hydrogen-bond acceptors (Lipinski definition) is 5. The fourth-order valence-electron chi connectivity index (χ4n) is 1.63. The van der Waals surface area contributed by atoms with Crippen molar-refractivity contribution in [2.45, 2.75) is 29.1 Å². The van der Waals surface area contributed by atoms with Gasteiger partial charge in [-0.15, -0.1) is 11.3 Å². The van der Waals surface area contributed by atoms with Gasteiger partial charge in [-0.3, -0.25) is 0 Å². The summed E-state index contributed by atoms with van der Waals surface area (Å²) in [6.45, 7) is -0.0321. The molecule has 0 spiro atoms. The summed E-state index contributed by atoms with van der Waals surface area (Å²) >= 11 is 0.848. The molecule has 2 rings (SSSR count). The minimum Gasteiger partial charge on any atom is -0.478 e. The third kappa shape index (κ3) is 2.72. The molecule has 0 amide bonds. The van der Waals surface area contributed by atoms with Gasteiger partial charge in [0, 0.05) is 11.9 Å². The van der Waals surface area contributed by atoms with E-state index in [-0.39, 0.29) is 16.3 Å². The van der Waals surface area contributed by atoms with Crippen LogP contribution in [0.1, 0.15) is 29.6 Å². The van der Waals surface area contributed by atoms with Gasteiger partial charge in [0.2, 0.25) is 10.0 Å². The van der Waals surface area contributed by atoms with E-state index in [2.05, 4.69) is 4.72 Å². The second-order valence-electron chi connectivity index (χ2n) is 4.36. The number of hydrogen-bond donors (Lipinski definition) is 3. The third-order valence-electron chi connectivity index (χ3n) is 2.96. The standard InChI is InChI=1S/C10H13NO5S2/c12-9(13)7-4-8(17-5-7)18(15,16)11-6-10(14)2-1-3-10/h4-5,11,14H,1-3,6H2,(H,12,13). The molecular weight excluding hydrogens is 278 g/mol. The van der Waals surface area contributed by atoms with Crippen LogP contribution in [-0.4, -0.2) is 36.7 Å². The Labute approximate surface area is 108 Å². The van der Waals surface area contributed by atoms with Crippen molar-refractivity contribution in [1.82, 2.24) is 4.72 Å². The maximum Gasteiger partial charge on any atom is 0.336 e. The number of carboxylic acids is 1. The zero-order chi connectivity index (χ0) is 13.4. The number of aromatic carboxylic acids is 1. The Kier molecular flexibility index (Phi) is 3.45. The molecule has 1 aliphatic rings. The van der Waals surface area contributed by atoms with Crippen LogP contribution in [-0.2, 0) is 10.0 Å². The molecular formula is C10H13NO5S2. The summed E-state index contributed by atoms with van der Waals surface area (Å²) < 4.78 is 26.0. The zero-order valence-electron chi connectivity index (χ0n) is 9.42. The van der Waals surface area contributed by atoms with Crippen LogP contribution in [0, 0.1) is 0 Å². The highest BCUT2D eigenvalue weighted by atomic mass is 32.2. The molecule has 0 atom stereocenters. The molecule has 8 heteroatoms. The number of carbonyl (C=O) groups is 1. The van der Waals surface area contributed by atoms with Gasteiger partial charge >= 0.3 is 5.97 Å². The average Bonchev–Trinajstić information content (AvgIpc) is 2.73. The minimum absolute atomic E-state index is 0.0321. The van der Waals surface area contributed by atoms with Crippen molar-refractivity contribution in [2.75, 3.05) is 6.54 Å². The third-order valence-corrected chi connectivity index (χ3v) is 5.80. The van der Waals surface area contributed by atoms with Crippen LogP contribution < -0.4 is 4.72 Å². The molecule has 3 N–H and O–H groups in total. The summed E-state index contributed by atoms with van der Waals surface area (Å²) in [5, 5.41) is 19.8. The van der Waals surface area contributed by atoms with Crippen molar-refractivity contribution < 1.29 is 23.4 Å². The Morgan fingerprint density at radius 1 is 1.50 bits per heavy atom. The maximum atomic E-state index is 11.9. The molecule has 0 bridgehead atoms. The molecule has 6 nitrogen and oxygen atoms in total. The van der Waals surface area contributed by atoms with Gasteiger partial charge in [-0.2, -0.15) is 0 Å². The van der Waals surface area contributed by atoms with Gasteiger partial charge in [-0.25, -0.2) is 17.9 Å². The molecule has 1 fully saturated rings. The lowest BCUT2D eigenvalue weighted by molar-refractivity contribution is -0.0270. The fraction of sp³-hybridized carbons (Fsp3) is 0.500. The fourth-order valence-corrected chi connectivity index (χ4v) is 3.95. The summed E-state index contributed by atoms with van der Waals surface area (Å²) in [5.41, 5.74) is -0.998. The molecule has 1 heterocycles. The highest BCUT2D eigenvalue weighted by Gasteiger charge is 2.35. The van der Waals surface area contributed by atoms with E-state index in [4.69, 9.17) is 5.11 Å². The smallest absolute Gasteiger partial charge is 0.336 e. The molecule has 0 aromatic carbocycles. The molecule has 1 aromatic rings. The van der Waals surface area contributed by atoms with Crippen LogP contribution >= 0.6 is 11.3 Å². The second-order valence-corrected chi connectivity index (χ2v) is 7.27. The van der Waals surface area contributed by atoms with E-state index >= 15 is 0 Å². The Bertz CT molecular complexity index is 559. The Morgan fingerprint density at radius 3 is 2.61 bits per heavy atom. The maximum absolute atomic E-state index is 11.9. The highest BCUT2D eigenvalue weighted by Crippen LogP contribution is 2.31. The first-order valence-corrected chi connectivity index (χ1v) is 7.73. The first-order valence-electron chi connectivity index (χ1n) is 5.36. The van der Waals surface area contributed by atoms with Crippen molar-refractivity contribution in [2.24, 2.45) is 0 Å². The topological polar surface area (TPSA) is 104 Å². The molecule has 0 radical (unpaired) electrons. The average molecular weight is 291 g/mol. The van der Waals surface area contributed by atoms with Gasteiger partial charge in [0.05, 0.1) is 11.2 Å². The van der Waals surface area contributed by atoms with Crippen LogP contribution in [0.5, 0.6) is 0 Å². The second kappa shape index (κ2) is 4.61. The number of carboxylic acid groups (broad SMARTS) is 1. The van der Waals surface area contributed by atoms with Gasteiger partial charge in [-0.05, 0) is 25.3 Å². The SMILES string of the molecule is O=C(O)c1csc(S(=O)(=O)NCC2(O)CCC2)c1. The molecule has 100 valence electrons. The van der Waals surface area contributed by atoms with Crippen LogP contribution in [0.2, 0.25) is 0 Å². The predicted octanol–water partition coefficient (Wildman–Crippen LogP) is 0.640. The van der Waals surface area contributed by atoms with Gasteiger partial charge in [-0.1, -0.05) is 0 Å². The van der Waals surface area contributed by atoms with E-state index in [9.17, 15) is 18.3 Å². The van der Waals surface area contributed by atoms with Crippen molar-refractivity contribution in [3.8, 4) is 0 Å². The van der Waals surface area contributed by atoms with Crippen LogP contribution in [0.15, 0.2) is 15.7 Å². The van der Waals surface area contributed by atoms with Crippen molar-refractivity contribution in [3.63, 3.8) is 0 Å². The molecule has 1 aromatic heterocycles. The van der Waals surface area contributed by atoms with E-state index < -0.39 is 21.6 Å². The van der Waals surface area contributed by atoms with E-state index in [1.165, 1.54) is 5.38 Å². The lowest BCUT2D eigenvalue weighted by Crippen LogP contribution is -2.47. The summed E-state index contributed by atoms with van der Waals surface area (Å²) in [5.74, 6) is -1.16. The summed E-state index contributed by atoms with van der Waals surface area (Å²) in [4.78, 5) is 10.7. The van der Waals surface area contributed by atoms with E-state index in [1.54, 1.807) is 0 Å². The monoisotopic (exact) mass is 291 g/mol. The summed E-state index contributed by atoms with van der Waals surface area (Å²) in [6.07, 6.45) is 2.06. The first kappa shape index (κ1) is 13.5. The van der Waals surface area contributed by atoms with Gasteiger partial charge < -0.3 is 10.2 Å². The molecule has 0 aliphatic heterocycles. The van der Waals surface area contributed by atoms with E-state index in [0.717, 1.165) is 23.8 Å². The Hall–Kier alpha value is -0.960. The number of sulfonamides is 1. The Balaban J connectivity index is 2.07. The van der Waals surface area contributed by atoms with Crippen LogP contribution in [0.25, 0.3) is 0 Å². The quantitative estimate of drug-likeness (QED) is 0.738. The number of rotatable bonds is 5. The largest absolute Gasteiger partial charge is 0.478 e. The first-order chi connectivity index (χ1) is 8.32. The molecule has 1 aliphatic carbocycles. The van der Waals surface area contributed by atoms with Gasteiger partial charge in [0.1, 0.15) is 4.21 Å². The normalized spacial score (nSPS) is 18.3. The lowest BCUT2D eigenvalue weighted by Gasteiger charge is -2.36. The van der Waals surface area contributed by atoms with Crippen LogP contribution in [0.3, 0.4) is 0 Å². The van der Waals surface area contributed by atoms with Crippen LogP contribution in [0.4, 0.5) is 0 Å². The zero-order valence-corrected chi connectivity index (χ0v) is 11.1. The molecule has 0 saturated heterocycles. The minimum atomic E-state index is -3.74. The van der Waals surface area contributed by atoms with Crippen molar-refractivity contribution in [3.05, 3.63) is 17.0 Å². The number of nitrogens with one attached hydrogen (secondary N) is 1. The highest BCUT2D eigenvalue weighted by molar-refractivity contribution is 7.91. The van der Waals surface area contributed by atoms with Gasteiger partial charge in [0.25, 0.3) is 0 Å². The molecule has 1 saturated carbocycles. The Morgan fingerprint density at radius 2 is 2.17 bits per heavy atom. The number of thiophene rings is 1. The summed E-state index contributed by atoms with van der Waals surface area (Å²) in [7, 11) is -3.74.